The molecular weight excluding hydrogens is 284 g/mol. The average Bonchev–Trinajstić information content (AvgIpc) is 3.20. The van der Waals surface area contributed by atoms with E-state index >= 15 is 0 Å². The van der Waals surface area contributed by atoms with Crippen LogP contribution in [0.15, 0.2) is 17.5 Å². The molecule has 5 heteroatoms. The van der Waals surface area contributed by atoms with E-state index in [1.807, 2.05) is 38.3 Å². The van der Waals surface area contributed by atoms with Crippen molar-refractivity contribution >= 4 is 23.2 Å². The molecule has 114 valence electrons. The van der Waals surface area contributed by atoms with Gasteiger partial charge >= 0.3 is 0 Å². The lowest BCUT2D eigenvalue weighted by atomic mass is 9.83. The lowest BCUT2D eigenvalue weighted by molar-refractivity contribution is -0.163. The van der Waals surface area contributed by atoms with Crippen molar-refractivity contribution < 1.29 is 9.59 Å². The Balaban J connectivity index is 1.97. The second-order valence-corrected chi connectivity index (χ2v) is 7.56. The fraction of sp³-hybridized carbons (Fsp3) is 0.625. The van der Waals surface area contributed by atoms with E-state index in [0.717, 1.165) is 17.7 Å². The highest BCUT2D eigenvalue weighted by Gasteiger charge is 2.58. The van der Waals surface area contributed by atoms with Crippen LogP contribution in [0.4, 0.5) is 0 Å². The molecular formula is C16H22N2O2S. The van der Waals surface area contributed by atoms with Crippen LogP contribution in [0.25, 0.3) is 0 Å². The van der Waals surface area contributed by atoms with Gasteiger partial charge in [0.15, 0.2) is 0 Å². The number of rotatable bonds is 4. The number of piperazine rings is 1. The molecule has 2 unspecified atom stereocenters. The summed E-state index contributed by atoms with van der Waals surface area (Å²) in [5, 5.41) is 5.04. The molecule has 1 aromatic rings. The molecule has 0 radical (unpaired) electrons. The van der Waals surface area contributed by atoms with E-state index < -0.39 is 11.1 Å². The van der Waals surface area contributed by atoms with Gasteiger partial charge in [0.2, 0.25) is 11.8 Å². The average molecular weight is 306 g/mol. The molecule has 1 N–H and O–H groups in total. The summed E-state index contributed by atoms with van der Waals surface area (Å²) in [5.74, 6) is 0.346. The van der Waals surface area contributed by atoms with E-state index in [1.165, 1.54) is 0 Å². The molecule has 2 heterocycles. The van der Waals surface area contributed by atoms with Crippen LogP contribution in [0.2, 0.25) is 0 Å². The number of hydrogen-bond donors (Lipinski definition) is 1. The first-order valence-corrected chi connectivity index (χ1v) is 8.47. The molecule has 1 aliphatic heterocycles. The van der Waals surface area contributed by atoms with Gasteiger partial charge in [-0.15, -0.1) is 11.3 Å². The Morgan fingerprint density at radius 2 is 2.10 bits per heavy atom. The van der Waals surface area contributed by atoms with Crippen LogP contribution >= 0.6 is 11.3 Å². The van der Waals surface area contributed by atoms with Gasteiger partial charge in [-0.25, -0.2) is 0 Å². The van der Waals surface area contributed by atoms with Crippen molar-refractivity contribution in [2.75, 3.05) is 0 Å². The van der Waals surface area contributed by atoms with Gasteiger partial charge in [0.25, 0.3) is 0 Å². The zero-order valence-electron chi connectivity index (χ0n) is 12.8. The Morgan fingerprint density at radius 1 is 1.38 bits per heavy atom. The van der Waals surface area contributed by atoms with E-state index in [1.54, 1.807) is 16.2 Å². The zero-order chi connectivity index (χ0) is 15.3. The monoisotopic (exact) mass is 306 g/mol. The van der Waals surface area contributed by atoms with Gasteiger partial charge in [0, 0.05) is 4.88 Å². The van der Waals surface area contributed by atoms with Crippen LogP contribution in [0, 0.1) is 5.92 Å². The quantitative estimate of drug-likeness (QED) is 0.929. The number of carbonyl (C=O) groups excluding carboxylic acids is 2. The third-order valence-corrected chi connectivity index (χ3v) is 5.99. The van der Waals surface area contributed by atoms with Gasteiger partial charge in [-0.1, -0.05) is 13.0 Å². The Morgan fingerprint density at radius 3 is 2.62 bits per heavy atom. The molecule has 2 fully saturated rings. The number of nitrogens with one attached hydrogen (secondary N) is 1. The highest BCUT2D eigenvalue weighted by atomic mass is 32.1. The van der Waals surface area contributed by atoms with Crippen molar-refractivity contribution in [1.82, 2.24) is 10.2 Å². The SMILES string of the molecule is CCC1(C)C(=O)NC(C)(C2CC2)C(=O)N1Cc1cccs1. The Bertz CT molecular complexity index is 567. The van der Waals surface area contributed by atoms with E-state index in [0.29, 0.717) is 18.9 Å². The number of thiophene rings is 1. The Kier molecular flexibility index (Phi) is 3.35. The van der Waals surface area contributed by atoms with E-state index in [9.17, 15) is 9.59 Å². The first kappa shape index (κ1) is 14.6. The summed E-state index contributed by atoms with van der Waals surface area (Å²) in [6, 6.07) is 4.01. The molecule has 2 amide bonds. The smallest absolute Gasteiger partial charge is 0.249 e. The minimum absolute atomic E-state index is 0.0180. The Labute approximate surface area is 129 Å². The molecule has 3 rings (SSSR count). The topological polar surface area (TPSA) is 49.4 Å². The number of hydrogen-bond acceptors (Lipinski definition) is 3. The number of nitrogens with zero attached hydrogens (tertiary/aromatic N) is 1. The van der Waals surface area contributed by atoms with E-state index in [2.05, 4.69) is 5.32 Å². The molecule has 2 aliphatic rings. The third-order valence-electron chi connectivity index (χ3n) is 5.12. The second kappa shape index (κ2) is 4.83. The molecule has 21 heavy (non-hydrogen) atoms. The summed E-state index contributed by atoms with van der Waals surface area (Å²) < 4.78 is 0. The molecule has 1 saturated heterocycles. The third kappa shape index (κ3) is 2.18. The van der Waals surface area contributed by atoms with Crippen molar-refractivity contribution in [1.29, 1.82) is 0 Å². The zero-order valence-corrected chi connectivity index (χ0v) is 13.6. The highest BCUT2D eigenvalue weighted by Crippen LogP contribution is 2.44. The van der Waals surface area contributed by atoms with Gasteiger partial charge in [-0.2, -0.15) is 0 Å². The number of amides is 2. The maximum atomic E-state index is 13.1. The van der Waals surface area contributed by atoms with Crippen molar-refractivity contribution in [3.63, 3.8) is 0 Å². The van der Waals surface area contributed by atoms with Gasteiger partial charge < -0.3 is 10.2 Å². The summed E-state index contributed by atoms with van der Waals surface area (Å²) >= 11 is 1.63. The van der Waals surface area contributed by atoms with Gasteiger partial charge in [-0.3, -0.25) is 9.59 Å². The standard InChI is InChI=1S/C16H22N2O2S/c1-4-15(2)13(19)17-16(3,11-7-8-11)14(20)18(15)10-12-6-5-9-21-12/h5-6,9,11H,4,7-8,10H2,1-3H3,(H,17,19). The minimum atomic E-state index is -0.754. The van der Waals surface area contributed by atoms with Crippen molar-refractivity contribution in [2.24, 2.45) is 5.92 Å². The van der Waals surface area contributed by atoms with Crippen LogP contribution in [-0.2, 0) is 16.1 Å². The van der Waals surface area contributed by atoms with Crippen LogP contribution in [0.1, 0.15) is 44.9 Å². The molecule has 2 atom stereocenters. The minimum Gasteiger partial charge on any atom is -0.340 e. The fourth-order valence-electron chi connectivity index (χ4n) is 3.14. The normalized spacial score (nSPS) is 33.2. The first-order valence-electron chi connectivity index (χ1n) is 7.59. The van der Waals surface area contributed by atoms with Crippen molar-refractivity contribution in [3.8, 4) is 0 Å². The van der Waals surface area contributed by atoms with Crippen LogP contribution < -0.4 is 5.32 Å². The second-order valence-electron chi connectivity index (χ2n) is 6.53. The molecule has 1 aromatic heterocycles. The Hall–Kier alpha value is -1.36. The van der Waals surface area contributed by atoms with Crippen LogP contribution in [0.5, 0.6) is 0 Å². The van der Waals surface area contributed by atoms with Gasteiger partial charge in [0.05, 0.1) is 6.54 Å². The van der Waals surface area contributed by atoms with Crippen LogP contribution in [-0.4, -0.2) is 27.8 Å². The lowest BCUT2D eigenvalue weighted by Gasteiger charge is -2.50. The lowest BCUT2D eigenvalue weighted by Crippen LogP contribution is -2.74. The molecule has 0 aromatic carbocycles. The van der Waals surface area contributed by atoms with Gasteiger partial charge in [-0.05, 0) is 50.5 Å². The summed E-state index contributed by atoms with van der Waals surface area (Å²) in [6.45, 7) is 6.26. The molecule has 4 nitrogen and oxygen atoms in total. The predicted molar refractivity (Wildman–Crippen MR) is 82.8 cm³/mol. The fourth-order valence-corrected chi connectivity index (χ4v) is 3.84. The van der Waals surface area contributed by atoms with Crippen molar-refractivity contribution in [3.05, 3.63) is 22.4 Å². The number of carbonyl (C=O) groups is 2. The van der Waals surface area contributed by atoms with Crippen molar-refractivity contribution in [2.45, 2.75) is 57.7 Å². The largest absolute Gasteiger partial charge is 0.340 e. The van der Waals surface area contributed by atoms with E-state index in [4.69, 9.17) is 0 Å². The molecule has 0 spiro atoms. The maximum absolute atomic E-state index is 13.1. The highest BCUT2D eigenvalue weighted by molar-refractivity contribution is 7.09. The maximum Gasteiger partial charge on any atom is 0.249 e. The summed E-state index contributed by atoms with van der Waals surface area (Å²) in [5.41, 5.74) is -1.47. The molecule has 1 aliphatic carbocycles. The molecule has 1 saturated carbocycles. The summed E-state index contributed by atoms with van der Waals surface area (Å²) in [4.78, 5) is 28.7. The summed E-state index contributed by atoms with van der Waals surface area (Å²) in [7, 11) is 0. The van der Waals surface area contributed by atoms with Crippen LogP contribution in [0.3, 0.4) is 0 Å². The van der Waals surface area contributed by atoms with Gasteiger partial charge in [0.1, 0.15) is 11.1 Å². The summed E-state index contributed by atoms with van der Waals surface area (Å²) in [6.07, 6.45) is 2.67. The molecule has 0 bridgehead atoms. The first-order chi connectivity index (χ1) is 9.91. The van der Waals surface area contributed by atoms with E-state index in [-0.39, 0.29) is 11.8 Å². The predicted octanol–water partition coefficient (Wildman–Crippen LogP) is 2.54.